The van der Waals surface area contributed by atoms with Gasteiger partial charge in [-0.2, -0.15) is 5.26 Å². The fourth-order valence-corrected chi connectivity index (χ4v) is 2.45. The first kappa shape index (κ1) is 16.4. The summed E-state index contributed by atoms with van der Waals surface area (Å²) in [4.78, 5) is 30.3. The fraction of sp³-hybridized carbons (Fsp3) is 0.294. The van der Waals surface area contributed by atoms with Crippen LogP contribution in [0.2, 0.25) is 0 Å². The zero-order valence-electron chi connectivity index (χ0n) is 13.1. The number of pyridine rings is 2. The van der Waals surface area contributed by atoms with E-state index in [1.54, 1.807) is 26.2 Å². The normalized spacial score (nSPS) is 10.1. The molecular formula is C17H18N4O2. The number of carbonyl (C=O) groups is 1. The predicted molar refractivity (Wildman–Crippen MR) is 85.7 cm³/mol. The van der Waals surface area contributed by atoms with Gasteiger partial charge in [0.15, 0.2) is 0 Å². The van der Waals surface area contributed by atoms with Gasteiger partial charge in [-0.05, 0) is 43.0 Å². The second-order valence-corrected chi connectivity index (χ2v) is 5.31. The molecule has 0 saturated carbocycles. The van der Waals surface area contributed by atoms with Gasteiger partial charge in [0.1, 0.15) is 11.6 Å². The lowest BCUT2D eigenvalue weighted by atomic mass is 9.99. The second-order valence-electron chi connectivity index (χ2n) is 5.31. The van der Waals surface area contributed by atoms with Crippen molar-refractivity contribution in [2.75, 3.05) is 0 Å². The van der Waals surface area contributed by atoms with Crippen LogP contribution in [0.3, 0.4) is 0 Å². The molecule has 0 saturated heterocycles. The van der Waals surface area contributed by atoms with E-state index in [1.807, 2.05) is 18.2 Å². The highest BCUT2D eigenvalue weighted by Crippen LogP contribution is 2.14. The lowest BCUT2D eigenvalue weighted by molar-refractivity contribution is -0.121. The van der Waals surface area contributed by atoms with E-state index < -0.39 is 0 Å². The Kier molecular flexibility index (Phi) is 5.26. The Hall–Kier alpha value is -2.94. The van der Waals surface area contributed by atoms with Gasteiger partial charge in [0.25, 0.3) is 5.56 Å². The standard InChI is InChI=1S/C17H18N4O2/c1-11-14(12(2)21-17(23)15(11)8-18)5-6-16(22)20-10-13-4-3-7-19-9-13/h3-4,7,9H,5-6,10H2,1-2H3,(H,20,22)(H,21,23). The molecule has 1 amide bonds. The number of aryl methyl sites for hydroxylation is 1. The van der Waals surface area contributed by atoms with E-state index in [-0.39, 0.29) is 17.0 Å². The van der Waals surface area contributed by atoms with E-state index >= 15 is 0 Å². The van der Waals surface area contributed by atoms with Crippen LogP contribution in [0.1, 0.15) is 34.4 Å². The van der Waals surface area contributed by atoms with E-state index in [0.29, 0.717) is 30.6 Å². The van der Waals surface area contributed by atoms with Gasteiger partial charge >= 0.3 is 0 Å². The Labute approximate surface area is 134 Å². The van der Waals surface area contributed by atoms with Crippen LogP contribution in [0, 0.1) is 25.2 Å². The smallest absolute Gasteiger partial charge is 0.266 e. The van der Waals surface area contributed by atoms with Crippen molar-refractivity contribution in [2.24, 2.45) is 0 Å². The number of nitrogens with one attached hydrogen (secondary N) is 2. The average Bonchev–Trinajstić information content (AvgIpc) is 2.53. The summed E-state index contributed by atoms with van der Waals surface area (Å²) in [6.07, 6.45) is 4.15. The summed E-state index contributed by atoms with van der Waals surface area (Å²) in [6, 6.07) is 5.62. The van der Waals surface area contributed by atoms with Crippen molar-refractivity contribution in [3.63, 3.8) is 0 Å². The number of carbonyl (C=O) groups excluding carboxylic acids is 1. The summed E-state index contributed by atoms with van der Waals surface area (Å²) in [5, 5.41) is 11.9. The molecule has 0 spiro atoms. The number of H-pyrrole nitrogens is 1. The largest absolute Gasteiger partial charge is 0.352 e. The van der Waals surface area contributed by atoms with Gasteiger partial charge in [0.2, 0.25) is 5.91 Å². The number of hydrogen-bond acceptors (Lipinski definition) is 4. The zero-order chi connectivity index (χ0) is 16.8. The number of aromatic nitrogens is 2. The highest BCUT2D eigenvalue weighted by atomic mass is 16.1. The lowest BCUT2D eigenvalue weighted by Crippen LogP contribution is -2.24. The number of aromatic amines is 1. The molecule has 0 aromatic carbocycles. The molecule has 0 aliphatic carbocycles. The number of amides is 1. The minimum Gasteiger partial charge on any atom is -0.352 e. The molecule has 2 aromatic heterocycles. The van der Waals surface area contributed by atoms with Crippen molar-refractivity contribution in [3.8, 4) is 6.07 Å². The average molecular weight is 310 g/mol. The van der Waals surface area contributed by atoms with Crippen LogP contribution in [0.25, 0.3) is 0 Å². The van der Waals surface area contributed by atoms with Crippen molar-refractivity contribution >= 4 is 5.91 Å². The molecule has 0 atom stereocenters. The van der Waals surface area contributed by atoms with E-state index in [2.05, 4.69) is 15.3 Å². The van der Waals surface area contributed by atoms with Crippen LogP contribution < -0.4 is 10.9 Å². The molecule has 2 aromatic rings. The van der Waals surface area contributed by atoms with Crippen LogP contribution >= 0.6 is 0 Å². The predicted octanol–water partition coefficient (Wildman–Crippen LogP) is 1.51. The molecule has 6 heteroatoms. The highest BCUT2D eigenvalue weighted by molar-refractivity contribution is 5.76. The molecule has 0 aliphatic rings. The fourth-order valence-electron chi connectivity index (χ4n) is 2.45. The zero-order valence-corrected chi connectivity index (χ0v) is 13.1. The quantitative estimate of drug-likeness (QED) is 0.874. The number of rotatable bonds is 5. The Bertz CT molecular complexity index is 804. The first-order valence-electron chi connectivity index (χ1n) is 7.31. The Morgan fingerprint density at radius 3 is 2.87 bits per heavy atom. The summed E-state index contributed by atoms with van der Waals surface area (Å²) in [6.45, 7) is 3.95. The number of nitriles is 1. The molecule has 2 heterocycles. The molecule has 0 bridgehead atoms. The van der Waals surface area contributed by atoms with E-state index in [9.17, 15) is 9.59 Å². The summed E-state index contributed by atoms with van der Waals surface area (Å²) >= 11 is 0. The van der Waals surface area contributed by atoms with Crippen LogP contribution in [-0.2, 0) is 17.8 Å². The monoisotopic (exact) mass is 310 g/mol. The van der Waals surface area contributed by atoms with Crippen molar-refractivity contribution in [1.29, 1.82) is 5.26 Å². The topological polar surface area (TPSA) is 98.6 Å². The number of hydrogen-bond donors (Lipinski definition) is 2. The summed E-state index contributed by atoms with van der Waals surface area (Å²) < 4.78 is 0. The van der Waals surface area contributed by atoms with E-state index in [4.69, 9.17) is 5.26 Å². The van der Waals surface area contributed by atoms with Crippen LogP contribution in [-0.4, -0.2) is 15.9 Å². The summed E-state index contributed by atoms with van der Waals surface area (Å²) in [5.74, 6) is -0.0858. The first-order chi connectivity index (χ1) is 11.0. The Balaban J connectivity index is 2.00. The molecule has 2 N–H and O–H groups in total. The minimum absolute atomic E-state index is 0.0858. The van der Waals surface area contributed by atoms with Gasteiger partial charge in [-0.15, -0.1) is 0 Å². The highest BCUT2D eigenvalue weighted by Gasteiger charge is 2.13. The van der Waals surface area contributed by atoms with Gasteiger partial charge < -0.3 is 10.3 Å². The maximum atomic E-state index is 12.0. The maximum absolute atomic E-state index is 12.0. The van der Waals surface area contributed by atoms with Gasteiger partial charge in [-0.25, -0.2) is 0 Å². The second kappa shape index (κ2) is 7.36. The van der Waals surface area contributed by atoms with E-state index in [0.717, 1.165) is 11.1 Å². The first-order valence-corrected chi connectivity index (χ1v) is 7.31. The van der Waals surface area contributed by atoms with Crippen molar-refractivity contribution in [2.45, 2.75) is 33.2 Å². The number of nitrogens with zero attached hydrogens (tertiary/aromatic N) is 2. The van der Waals surface area contributed by atoms with Gasteiger partial charge in [-0.3, -0.25) is 14.6 Å². The SMILES string of the molecule is Cc1[nH]c(=O)c(C#N)c(C)c1CCC(=O)NCc1cccnc1. The van der Waals surface area contributed by atoms with Gasteiger partial charge in [0.05, 0.1) is 0 Å². The molecule has 0 unspecified atom stereocenters. The van der Waals surface area contributed by atoms with E-state index in [1.165, 1.54) is 0 Å². The molecule has 23 heavy (non-hydrogen) atoms. The maximum Gasteiger partial charge on any atom is 0.266 e. The molecule has 2 rings (SSSR count). The van der Waals surface area contributed by atoms with Gasteiger partial charge in [-0.1, -0.05) is 6.07 Å². The summed E-state index contributed by atoms with van der Waals surface area (Å²) in [7, 11) is 0. The molecule has 118 valence electrons. The Morgan fingerprint density at radius 1 is 1.43 bits per heavy atom. The Morgan fingerprint density at radius 2 is 2.22 bits per heavy atom. The molecule has 0 aliphatic heterocycles. The summed E-state index contributed by atoms with van der Waals surface area (Å²) in [5.41, 5.74) is 2.86. The van der Waals surface area contributed by atoms with Crippen LogP contribution in [0.5, 0.6) is 0 Å². The van der Waals surface area contributed by atoms with Crippen molar-refractivity contribution in [1.82, 2.24) is 15.3 Å². The molecule has 0 fully saturated rings. The lowest BCUT2D eigenvalue weighted by Gasteiger charge is -2.11. The third kappa shape index (κ3) is 4.04. The van der Waals surface area contributed by atoms with Gasteiger partial charge in [0, 0.05) is 31.1 Å². The van der Waals surface area contributed by atoms with Crippen molar-refractivity contribution < 1.29 is 4.79 Å². The molecular weight excluding hydrogens is 292 g/mol. The third-order valence-corrected chi connectivity index (χ3v) is 3.73. The molecule has 6 nitrogen and oxygen atoms in total. The van der Waals surface area contributed by atoms with Crippen LogP contribution in [0.15, 0.2) is 29.3 Å². The van der Waals surface area contributed by atoms with Crippen molar-refractivity contribution in [3.05, 3.63) is 62.8 Å². The van der Waals surface area contributed by atoms with Crippen LogP contribution in [0.4, 0.5) is 0 Å². The minimum atomic E-state index is -0.382. The third-order valence-electron chi connectivity index (χ3n) is 3.73. The molecule has 0 radical (unpaired) electrons.